The molecule has 152 valence electrons. The Balaban J connectivity index is 1.63. The summed E-state index contributed by atoms with van der Waals surface area (Å²) in [5.41, 5.74) is 1.93. The van der Waals surface area contributed by atoms with Crippen LogP contribution < -0.4 is 25.2 Å². The van der Waals surface area contributed by atoms with Crippen LogP contribution in [0.15, 0.2) is 48.5 Å². The van der Waals surface area contributed by atoms with E-state index in [2.05, 4.69) is 10.6 Å². The number of anilines is 3. The van der Waals surface area contributed by atoms with Gasteiger partial charge in [0.05, 0.1) is 25.5 Å². The average molecular weight is 397 g/mol. The molecule has 0 spiro atoms. The summed E-state index contributed by atoms with van der Waals surface area (Å²) in [5, 5.41) is 5.58. The first kappa shape index (κ1) is 20.3. The highest BCUT2D eigenvalue weighted by Gasteiger charge is 2.33. The fraction of sp³-hybridized carbons (Fsp3) is 0.286. The number of carbonyl (C=O) groups is 3. The van der Waals surface area contributed by atoms with E-state index in [0.29, 0.717) is 22.8 Å². The van der Waals surface area contributed by atoms with Crippen molar-refractivity contribution in [2.24, 2.45) is 0 Å². The molecule has 2 aromatic rings. The molecule has 3 N–H and O–H groups in total. The molecule has 1 aliphatic rings. The Morgan fingerprint density at radius 2 is 1.90 bits per heavy atom. The van der Waals surface area contributed by atoms with E-state index >= 15 is 0 Å². The first-order chi connectivity index (χ1) is 13.9. The lowest BCUT2D eigenvalue weighted by molar-refractivity contribution is -0.885. The number of amides is 3. The zero-order chi connectivity index (χ0) is 21.0. The van der Waals surface area contributed by atoms with Crippen LogP contribution in [0.5, 0.6) is 5.75 Å². The maximum atomic E-state index is 13.0. The Bertz CT molecular complexity index is 913. The summed E-state index contributed by atoms with van der Waals surface area (Å²) in [6.07, 6.45) is 0. The second-order valence-corrected chi connectivity index (χ2v) is 7.01. The van der Waals surface area contributed by atoms with Gasteiger partial charge in [0.1, 0.15) is 12.3 Å². The Morgan fingerprint density at radius 1 is 1.21 bits per heavy atom. The zero-order valence-electron chi connectivity index (χ0n) is 16.7. The largest absolute Gasteiger partial charge is 0.497 e. The number of carbonyl (C=O) groups excluding carboxylic acids is 3. The van der Waals surface area contributed by atoms with Gasteiger partial charge in [-0.3, -0.25) is 19.3 Å². The highest BCUT2D eigenvalue weighted by molar-refractivity contribution is 6.10. The molecule has 8 heteroatoms. The average Bonchev–Trinajstić information content (AvgIpc) is 2.72. The summed E-state index contributed by atoms with van der Waals surface area (Å²) in [4.78, 5) is 39.6. The van der Waals surface area contributed by atoms with E-state index in [0.717, 1.165) is 4.90 Å². The number of ether oxygens (including phenoxy) is 1. The first-order valence-electron chi connectivity index (χ1n) is 9.35. The topological polar surface area (TPSA) is 92.2 Å². The van der Waals surface area contributed by atoms with Crippen molar-refractivity contribution in [3.8, 4) is 5.75 Å². The number of quaternary nitrogens is 1. The molecule has 2 atom stereocenters. The second kappa shape index (κ2) is 8.74. The summed E-state index contributed by atoms with van der Waals surface area (Å²) < 4.78 is 5.10. The van der Waals surface area contributed by atoms with E-state index in [1.807, 2.05) is 6.07 Å². The molecule has 3 rings (SSSR count). The minimum Gasteiger partial charge on any atom is -0.497 e. The fourth-order valence-corrected chi connectivity index (χ4v) is 3.16. The van der Waals surface area contributed by atoms with Crippen molar-refractivity contribution in [2.45, 2.75) is 13.0 Å². The number of hydrogen-bond donors (Lipinski definition) is 3. The van der Waals surface area contributed by atoms with Crippen LogP contribution in [0.3, 0.4) is 0 Å². The summed E-state index contributed by atoms with van der Waals surface area (Å²) in [6, 6.07) is 13.7. The van der Waals surface area contributed by atoms with E-state index in [1.54, 1.807) is 63.5 Å². The van der Waals surface area contributed by atoms with Gasteiger partial charge in [-0.05, 0) is 43.3 Å². The number of likely N-dealkylation sites (N-methyl/N-ethyl adjacent to an activating group) is 1. The van der Waals surface area contributed by atoms with Crippen LogP contribution in [-0.4, -0.2) is 51.0 Å². The third-order valence-corrected chi connectivity index (χ3v) is 4.96. The molecule has 1 unspecified atom stereocenters. The third-order valence-electron chi connectivity index (χ3n) is 4.96. The van der Waals surface area contributed by atoms with Gasteiger partial charge in [-0.25, -0.2) is 0 Å². The van der Waals surface area contributed by atoms with E-state index in [4.69, 9.17) is 4.74 Å². The normalized spacial score (nSPS) is 15.0. The molecule has 0 bridgehead atoms. The summed E-state index contributed by atoms with van der Waals surface area (Å²) >= 11 is 0. The Labute approximate surface area is 169 Å². The zero-order valence-corrected chi connectivity index (χ0v) is 16.7. The number of fused-ring (bicyclic) bond motifs is 1. The van der Waals surface area contributed by atoms with E-state index in [9.17, 15) is 14.4 Å². The van der Waals surface area contributed by atoms with Gasteiger partial charge in [-0.15, -0.1) is 0 Å². The predicted molar refractivity (Wildman–Crippen MR) is 110 cm³/mol. The molecule has 0 radical (unpaired) electrons. The van der Waals surface area contributed by atoms with Crippen molar-refractivity contribution >= 4 is 34.8 Å². The Hall–Kier alpha value is -3.39. The van der Waals surface area contributed by atoms with Crippen LogP contribution in [0.25, 0.3) is 0 Å². The first-order valence-corrected chi connectivity index (χ1v) is 9.35. The molecule has 0 aromatic heterocycles. The van der Waals surface area contributed by atoms with Crippen LogP contribution in [0.2, 0.25) is 0 Å². The lowest BCUT2D eigenvalue weighted by Crippen LogP contribution is -3.15. The lowest BCUT2D eigenvalue weighted by atomic mass is 10.1. The van der Waals surface area contributed by atoms with Crippen LogP contribution in [0.4, 0.5) is 17.1 Å². The summed E-state index contributed by atoms with van der Waals surface area (Å²) in [7, 11) is 3.36. The van der Waals surface area contributed by atoms with Gasteiger partial charge in [0.25, 0.3) is 11.8 Å². The number of benzene rings is 2. The SMILES string of the molecule is COc1ccc(NC(=O)C[NH+](C)[C@@H](C)C(=O)N2CC(=O)Nc3ccccc32)cc1. The van der Waals surface area contributed by atoms with Crippen molar-refractivity contribution in [1.29, 1.82) is 0 Å². The van der Waals surface area contributed by atoms with Gasteiger partial charge in [-0.1, -0.05) is 12.1 Å². The van der Waals surface area contributed by atoms with Crippen molar-refractivity contribution < 1.29 is 24.0 Å². The predicted octanol–water partition coefficient (Wildman–Crippen LogP) is 0.522. The highest BCUT2D eigenvalue weighted by Crippen LogP contribution is 2.29. The molecule has 0 fully saturated rings. The van der Waals surface area contributed by atoms with E-state index in [1.165, 1.54) is 4.90 Å². The molecule has 2 aromatic carbocycles. The molecule has 1 heterocycles. The highest BCUT2D eigenvalue weighted by atomic mass is 16.5. The number of para-hydroxylation sites is 2. The second-order valence-electron chi connectivity index (χ2n) is 7.01. The monoisotopic (exact) mass is 397 g/mol. The van der Waals surface area contributed by atoms with Gasteiger partial charge in [0.15, 0.2) is 12.6 Å². The van der Waals surface area contributed by atoms with Crippen LogP contribution >= 0.6 is 0 Å². The number of nitrogens with zero attached hydrogens (tertiary/aromatic N) is 1. The van der Waals surface area contributed by atoms with Gasteiger partial charge in [-0.2, -0.15) is 0 Å². The maximum absolute atomic E-state index is 13.0. The van der Waals surface area contributed by atoms with E-state index < -0.39 is 6.04 Å². The van der Waals surface area contributed by atoms with Crippen molar-refractivity contribution in [1.82, 2.24) is 0 Å². The van der Waals surface area contributed by atoms with Gasteiger partial charge in [0.2, 0.25) is 5.91 Å². The number of nitrogens with one attached hydrogen (secondary N) is 3. The van der Waals surface area contributed by atoms with Crippen molar-refractivity contribution in [2.75, 3.05) is 42.8 Å². The van der Waals surface area contributed by atoms with Gasteiger partial charge >= 0.3 is 0 Å². The van der Waals surface area contributed by atoms with Crippen LogP contribution in [0, 0.1) is 0 Å². The molecule has 29 heavy (non-hydrogen) atoms. The lowest BCUT2D eigenvalue weighted by Gasteiger charge is -2.32. The molecule has 8 nitrogen and oxygen atoms in total. The fourth-order valence-electron chi connectivity index (χ4n) is 3.16. The van der Waals surface area contributed by atoms with Crippen LogP contribution in [0.1, 0.15) is 6.92 Å². The van der Waals surface area contributed by atoms with Gasteiger partial charge < -0.3 is 20.3 Å². The van der Waals surface area contributed by atoms with Crippen LogP contribution in [-0.2, 0) is 14.4 Å². The number of methoxy groups -OCH3 is 1. The van der Waals surface area contributed by atoms with Gasteiger partial charge in [0, 0.05) is 5.69 Å². The summed E-state index contributed by atoms with van der Waals surface area (Å²) in [5.74, 6) is 0.0566. The van der Waals surface area contributed by atoms with Crippen molar-refractivity contribution in [3.63, 3.8) is 0 Å². The Morgan fingerprint density at radius 3 is 2.59 bits per heavy atom. The molecule has 3 amide bonds. The number of rotatable bonds is 6. The number of hydrogen-bond acceptors (Lipinski definition) is 4. The van der Waals surface area contributed by atoms with E-state index in [-0.39, 0.29) is 30.8 Å². The molecule has 0 saturated heterocycles. The molecule has 0 aliphatic carbocycles. The quantitative estimate of drug-likeness (QED) is 0.663. The minimum atomic E-state index is -0.504. The molecule has 0 saturated carbocycles. The minimum absolute atomic E-state index is 0.0362. The molecular formula is C21H25N4O4+. The maximum Gasteiger partial charge on any atom is 0.285 e. The molecular weight excluding hydrogens is 372 g/mol. The standard InChI is InChI=1S/C21H24N4O4/c1-14(21(28)25-13-20(27)23-17-6-4-5-7-18(17)25)24(2)12-19(26)22-15-8-10-16(29-3)11-9-15/h4-11,14H,12-13H2,1-3H3,(H,22,26)(H,23,27)/p+1/t14-/m0/s1. The third kappa shape index (κ3) is 4.72. The molecule has 1 aliphatic heterocycles. The smallest absolute Gasteiger partial charge is 0.285 e. The van der Waals surface area contributed by atoms with Crippen molar-refractivity contribution in [3.05, 3.63) is 48.5 Å². The summed E-state index contributed by atoms with van der Waals surface area (Å²) in [6.45, 7) is 1.83. The Kier molecular flexibility index (Phi) is 6.13.